The molecule has 0 aliphatic carbocycles. The van der Waals surface area contributed by atoms with Crippen molar-refractivity contribution >= 4 is 41.5 Å². The maximum atomic E-state index is 12.5. The van der Waals surface area contributed by atoms with Gasteiger partial charge in [-0.15, -0.1) is 24.0 Å². The van der Waals surface area contributed by atoms with E-state index in [9.17, 15) is 8.78 Å². The lowest BCUT2D eigenvalue weighted by molar-refractivity contribution is -0.0504. The van der Waals surface area contributed by atoms with Crippen LogP contribution in [0.25, 0.3) is 0 Å². The van der Waals surface area contributed by atoms with Crippen LogP contribution in [-0.2, 0) is 13.1 Å². The lowest BCUT2D eigenvalue weighted by Gasteiger charge is -2.13. The van der Waals surface area contributed by atoms with Crippen molar-refractivity contribution in [2.75, 3.05) is 13.1 Å². The quantitative estimate of drug-likeness (QED) is 0.231. The first-order chi connectivity index (χ1) is 12.6. The number of guanidine groups is 1. The van der Waals surface area contributed by atoms with Gasteiger partial charge >= 0.3 is 6.61 Å². The molecule has 0 saturated carbocycles. The summed E-state index contributed by atoms with van der Waals surface area (Å²) in [6, 6.07) is 6.38. The Bertz CT molecular complexity index is 701. The molecule has 27 heavy (non-hydrogen) atoms. The maximum Gasteiger partial charge on any atom is 0.387 e. The van der Waals surface area contributed by atoms with E-state index in [0.29, 0.717) is 29.6 Å². The van der Waals surface area contributed by atoms with Crippen molar-refractivity contribution in [2.24, 2.45) is 4.99 Å². The molecule has 0 saturated heterocycles. The van der Waals surface area contributed by atoms with Gasteiger partial charge in [0.2, 0.25) is 0 Å². The highest BCUT2D eigenvalue weighted by molar-refractivity contribution is 14.0. The smallest absolute Gasteiger partial charge is 0.387 e. The molecule has 0 radical (unpaired) electrons. The van der Waals surface area contributed by atoms with Crippen LogP contribution in [0.1, 0.15) is 18.9 Å². The second-order valence-electron chi connectivity index (χ2n) is 5.38. The third-order valence-corrected chi connectivity index (χ3v) is 3.64. The Labute approximate surface area is 179 Å². The monoisotopic (exact) mass is 513 g/mol. The molecule has 150 valence electrons. The number of nitrogens with one attached hydrogen (secondary N) is 2. The molecule has 0 aliphatic heterocycles. The molecule has 0 amide bonds. The lowest BCUT2D eigenvalue weighted by atomic mass is 10.2. The number of hydrogen-bond donors (Lipinski definition) is 2. The molecule has 0 unspecified atom stereocenters. The van der Waals surface area contributed by atoms with Crippen molar-refractivity contribution in [3.8, 4) is 5.75 Å². The van der Waals surface area contributed by atoms with Gasteiger partial charge in [-0.1, -0.05) is 11.6 Å². The van der Waals surface area contributed by atoms with Crippen LogP contribution in [0.4, 0.5) is 8.78 Å². The Morgan fingerprint density at radius 2 is 2.19 bits per heavy atom. The van der Waals surface area contributed by atoms with Gasteiger partial charge in [-0.3, -0.25) is 4.68 Å². The number of rotatable bonds is 9. The van der Waals surface area contributed by atoms with Gasteiger partial charge in [0, 0.05) is 42.6 Å². The summed E-state index contributed by atoms with van der Waals surface area (Å²) < 4.78 is 31.4. The van der Waals surface area contributed by atoms with Crippen molar-refractivity contribution in [2.45, 2.75) is 33.0 Å². The Morgan fingerprint density at radius 1 is 1.37 bits per heavy atom. The third-order valence-electron chi connectivity index (χ3n) is 3.41. The minimum atomic E-state index is -2.90. The normalized spacial score (nSPS) is 11.2. The van der Waals surface area contributed by atoms with Crippen molar-refractivity contribution in [1.29, 1.82) is 0 Å². The fraction of sp³-hybridized carbons (Fsp3) is 0.412. The van der Waals surface area contributed by atoms with Crippen LogP contribution in [-0.4, -0.2) is 35.4 Å². The largest absolute Gasteiger partial charge is 0.434 e. The highest BCUT2D eigenvalue weighted by Gasteiger charge is 2.10. The average Bonchev–Trinajstić information content (AvgIpc) is 3.11. The fourth-order valence-electron chi connectivity index (χ4n) is 2.27. The van der Waals surface area contributed by atoms with Gasteiger partial charge in [-0.05, 0) is 37.6 Å². The number of aromatic nitrogens is 2. The van der Waals surface area contributed by atoms with E-state index in [1.807, 2.05) is 23.9 Å². The van der Waals surface area contributed by atoms with E-state index in [0.717, 1.165) is 13.0 Å². The van der Waals surface area contributed by atoms with E-state index in [4.69, 9.17) is 11.6 Å². The van der Waals surface area contributed by atoms with Crippen molar-refractivity contribution in [1.82, 2.24) is 20.4 Å². The first kappa shape index (κ1) is 23.4. The van der Waals surface area contributed by atoms with Crippen LogP contribution in [0.15, 0.2) is 41.7 Å². The number of nitrogens with zero attached hydrogens (tertiary/aromatic N) is 3. The number of aliphatic imine (C=N–C) groups is 1. The van der Waals surface area contributed by atoms with Gasteiger partial charge in [0.25, 0.3) is 0 Å². The van der Waals surface area contributed by atoms with Crippen molar-refractivity contribution < 1.29 is 13.5 Å². The van der Waals surface area contributed by atoms with Crippen LogP contribution in [0, 0.1) is 0 Å². The molecular weight excluding hydrogens is 491 g/mol. The molecule has 1 heterocycles. The molecule has 2 rings (SSSR count). The van der Waals surface area contributed by atoms with Crippen molar-refractivity contribution in [3.63, 3.8) is 0 Å². The highest BCUT2D eigenvalue weighted by atomic mass is 127. The summed E-state index contributed by atoms with van der Waals surface area (Å²) in [5.74, 6) is 0.665. The first-order valence-electron chi connectivity index (χ1n) is 8.31. The maximum absolute atomic E-state index is 12.5. The second kappa shape index (κ2) is 12.7. The molecule has 0 fully saturated rings. The Morgan fingerprint density at radius 3 is 2.85 bits per heavy atom. The highest BCUT2D eigenvalue weighted by Crippen LogP contribution is 2.25. The molecule has 2 N–H and O–H groups in total. The van der Waals surface area contributed by atoms with Gasteiger partial charge in [0.1, 0.15) is 5.75 Å². The summed E-state index contributed by atoms with van der Waals surface area (Å²) in [5.41, 5.74) is 0.492. The summed E-state index contributed by atoms with van der Waals surface area (Å²) in [7, 11) is 0. The van der Waals surface area contributed by atoms with E-state index in [1.54, 1.807) is 12.3 Å². The van der Waals surface area contributed by atoms with Gasteiger partial charge in [-0.2, -0.15) is 13.9 Å². The molecular formula is C17H23ClF2IN5O. The van der Waals surface area contributed by atoms with E-state index in [1.165, 1.54) is 12.1 Å². The number of halogens is 4. The molecule has 10 heteroatoms. The zero-order valence-electron chi connectivity index (χ0n) is 14.9. The van der Waals surface area contributed by atoms with E-state index in [2.05, 4.69) is 25.5 Å². The Balaban J connectivity index is 0.00000364. The molecule has 6 nitrogen and oxygen atoms in total. The Hall–Kier alpha value is -1.62. The number of ether oxygens (including phenoxy) is 1. The summed E-state index contributed by atoms with van der Waals surface area (Å²) in [4.78, 5) is 4.42. The third kappa shape index (κ3) is 8.74. The zero-order valence-corrected chi connectivity index (χ0v) is 18.0. The molecule has 0 spiro atoms. The standard InChI is InChI=1S/C17H22ClF2N5O.HI/c1-2-21-17(22-7-3-9-25-10-4-8-24-25)23-12-13-11-14(18)5-6-15(13)26-16(19)20;/h4-6,8,10-11,16H,2-3,7,9,12H2,1H3,(H2,21,22,23);1H. The first-order valence-corrected chi connectivity index (χ1v) is 8.69. The number of alkyl halides is 2. The van der Waals surface area contributed by atoms with Gasteiger partial charge in [-0.25, -0.2) is 4.99 Å². The van der Waals surface area contributed by atoms with E-state index >= 15 is 0 Å². The summed E-state index contributed by atoms with van der Waals surface area (Å²) >= 11 is 5.95. The van der Waals surface area contributed by atoms with Crippen LogP contribution >= 0.6 is 35.6 Å². The van der Waals surface area contributed by atoms with Crippen molar-refractivity contribution in [3.05, 3.63) is 47.2 Å². The van der Waals surface area contributed by atoms with Gasteiger partial charge < -0.3 is 15.4 Å². The van der Waals surface area contributed by atoms with Crippen LogP contribution in [0.5, 0.6) is 5.75 Å². The van der Waals surface area contributed by atoms with Crippen LogP contribution in [0.2, 0.25) is 5.02 Å². The Kier molecular flexibility index (Phi) is 11.0. The molecule has 1 aromatic carbocycles. The second-order valence-corrected chi connectivity index (χ2v) is 5.81. The molecule has 0 atom stereocenters. The lowest BCUT2D eigenvalue weighted by Crippen LogP contribution is -2.38. The fourth-order valence-corrected chi connectivity index (χ4v) is 2.46. The minimum absolute atomic E-state index is 0. The summed E-state index contributed by atoms with van der Waals surface area (Å²) in [6.45, 7) is 1.39. The molecule has 0 aliphatic rings. The molecule has 1 aromatic heterocycles. The molecule has 2 aromatic rings. The summed E-state index contributed by atoms with van der Waals surface area (Å²) in [5, 5.41) is 10.9. The number of benzene rings is 1. The predicted molar refractivity (Wildman–Crippen MR) is 113 cm³/mol. The average molecular weight is 514 g/mol. The van der Waals surface area contributed by atoms with Gasteiger partial charge in [0.05, 0.1) is 6.54 Å². The topological polar surface area (TPSA) is 63.5 Å². The van der Waals surface area contributed by atoms with E-state index in [-0.39, 0.29) is 36.3 Å². The van der Waals surface area contributed by atoms with E-state index < -0.39 is 6.61 Å². The number of aryl methyl sites for hydroxylation is 1. The molecule has 0 bridgehead atoms. The number of hydrogen-bond acceptors (Lipinski definition) is 3. The summed E-state index contributed by atoms with van der Waals surface area (Å²) in [6.07, 6.45) is 4.51. The zero-order chi connectivity index (χ0) is 18.8. The SMILES string of the molecule is CCNC(=NCc1cc(Cl)ccc1OC(F)F)NCCCn1cccn1.I. The van der Waals surface area contributed by atoms with Crippen LogP contribution < -0.4 is 15.4 Å². The van der Waals surface area contributed by atoms with Gasteiger partial charge in [0.15, 0.2) is 5.96 Å². The van der Waals surface area contributed by atoms with Crippen LogP contribution in [0.3, 0.4) is 0 Å². The predicted octanol–water partition coefficient (Wildman–Crippen LogP) is 3.90. The minimum Gasteiger partial charge on any atom is -0.434 e.